The molecule has 20 heavy (non-hydrogen) atoms. The van der Waals surface area contributed by atoms with Gasteiger partial charge in [0, 0.05) is 18.7 Å². The van der Waals surface area contributed by atoms with Crippen molar-refractivity contribution in [3.63, 3.8) is 0 Å². The van der Waals surface area contributed by atoms with Gasteiger partial charge in [-0.25, -0.2) is 0 Å². The molecule has 0 aliphatic heterocycles. The van der Waals surface area contributed by atoms with Crippen LogP contribution in [0.2, 0.25) is 0 Å². The van der Waals surface area contributed by atoms with Crippen LogP contribution in [0.4, 0.5) is 0 Å². The SMILES string of the molecule is C=O.C=O.CCc1ccc(C)cc1C(=O)N(C)C(C)C. The second kappa shape index (κ2) is 10.9. The molecule has 0 aliphatic rings. The predicted octanol–water partition coefficient (Wildman–Crippen LogP) is 2.67. The summed E-state index contributed by atoms with van der Waals surface area (Å²) in [5.41, 5.74) is 3.11. The quantitative estimate of drug-likeness (QED) is 0.854. The topological polar surface area (TPSA) is 54.5 Å². The summed E-state index contributed by atoms with van der Waals surface area (Å²) in [6, 6.07) is 6.33. The Morgan fingerprint density at radius 1 is 1.20 bits per heavy atom. The fourth-order valence-electron chi connectivity index (χ4n) is 1.62. The summed E-state index contributed by atoms with van der Waals surface area (Å²) >= 11 is 0. The molecule has 0 N–H and O–H groups in total. The third-order valence-electron chi connectivity index (χ3n) is 2.97. The lowest BCUT2D eigenvalue weighted by atomic mass is 10.0. The molecular weight excluding hydrogens is 254 g/mol. The zero-order valence-electron chi connectivity index (χ0n) is 13.1. The Morgan fingerprint density at radius 2 is 1.70 bits per heavy atom. The second-order valence-electron chi connectivity index (χ2n) is 4.52. The van der Waals surface area contributed by atoms with E-state index >= 15 is 0 Å². The van der Waals surface area contributed by atoms with Crippen molar-refractivity contribution in [1.82, 2.24) is 4.90 Å². The highest BCUT2D eigenvalue weighted by Crippen LogP contribution is 2.15. The third kappa shape index (κ3) is 5.78. The highest BCUT2D eigenvalue weighted by molar-refractivity contribution is 5.95. The van der Waals surface area contributed by atoms with Crippen molar-refractivity contribution in [3.8, 4) is 0 Å². The molecule has 0 aromatic heterocycles. The monoisotopic (exact) mass is 279 g/mol. The highest BCUT2D eigenvalue weighted by Gasteiger charge is 2.17. The van der Waals surface area contributed by atoms with Gasteiger partial charge < -0.3 is 14.5 Å². The number of benzene rings is 1. The first-order valence-corrected chi connectivity index (χ1v) is 6.41. The third-order valence-corrected chi connectivity index (χ3v) is 2.97. The van der Waals surface area contributed by atoms with Crippen molar-refractivity contribution >= 4 is 19.5 Å². The first kappa shape index (κ1) is 20.3. The summed E-state index contributed by atoms with van der Waals surface area (Å²) in [7, 11) is 1.86. The standard InChI is InChI=1S/C14H21NO.2CH2O/c1-6-12-8-7-11(4)9-13(12)14(16)15(5)10(2)3;2*1-2/h7-10H,6H2,1-5H3;2*1H2. The van der Waals surface area contributed by atoms with Gasteiger partial charge in [0.2, 0.25) is 0 Å². The molecule has 0 saturated heterocycles. The van der Waals surface area contributed by atoms with Gasteiger partial charge in [0.05, 0.1) is 0 Å². The van der Waals surface area contributed by atoms with E-state index in [4.69, 9.17) is 9.59 Å². The van der Waals surface area contributed by atoms with E-state index in [0.29, 0.717) is 0 Å². The van der Waals surface area contributed by atoms with E-state index in [2.05, 4.69) is 19.1 Å². The Bertz CT molecular complexity index is 414. The Kier molecular flexibility index (Phi) is 11.1. The summed E-state index contributed by atoms with van der Waals surface area (Å²) < 4.78 is 0. The van der Waals surface area contributed by atoms with Gasteiger partial charge >= 0.3 is 0 Å². The molecule has 112 valence electrons. The maximum absolute atomic E-state index is 12.2. The van der Waals surface area contributed by atoms with Crippen molar-refractivity contribution in [2.75, 3.05) is 7.05 Å². The van der Waals surface area contributed by atoms with Gasteiger partial charge in [-0.3, -0.25) is 4.79 Å². The number of nitrogens with zero attached hydrogens (tertiary/aromatic N) is 1. The summed E-state index contributed by atoms with van der Waals surface area (Å²) in [4.78, 5) is 30.0. The fourth-order valence-corrected chi connectivity index (χ4v) is 1.62. The molecule has 0 atom stereocenters. The molecule has 0 saturated carbocycles. The first-order chi connectivity index (χ1) is 9.47. The van der Waals surface area contributed by atoms with E-state index in [-0.39, 0.29) is 11.9 Å². The van der Waals surface area contributed by atoms with Crippen molar-refractivity contribution in [2.24, 2.45) is 0 Å². The molecule has 4 heteroatoms. The van der Waals surface area contributed by atoms with Crippen LogP contribution in [0.3, 0.4) is 0 Å². The maximum atomic E-state index is 12.2. The minimum atomic E-state index is 0.121. The van der Waals surface area contributed by atoms with Crippen LogP contribution in [0, 0.1) is 6.92 Å². The van der Waals surface area contributed by atoms with Crippen LogP contribution >= 0.6 is 0 Å². The summed E-state index contributed by atoms with van der Waals surface area (Å²) in [5.74, 6) is 0.121. The molecule has 0 spiro atoms. The molecule has 0 bridgehead atoms. The molecule has 1 rings (SSSR count). The summed E-state index contributed by atoms with van der Waals surface area (Å²) in [5, 5.41) is 0. The van der Waals surface area contributed by atoms with Crippen LogP contribution in [0.5, 0.6) is 0 Å². The van der Waals surface area contributed by atoms with E-state index in [1.807, 2.05) is 47.5 Å². The van der Waals surface area contributed by atoms with Crippen LogP contribution in [0.25, 0.3) is 0 Å². The summed E-state index contributed by atoms with van der Waals surface area (Å²) in [6.07, 6.45) is 0.896. The predicted molar refractivity (Wildman–Crippen MR) is 82.0 cm³/mol. The van der Waals surface area contributed by atoms with Gasteiger partial charge in [0.1, 0.15) is 13.6 Å². The first-order valence-electron chi connectivity index (χ1n) is 6.41. The van der Waals surface area contributed by atoms with Gasteiger partial charge in [-0.05, 0) is 38.8 Å². The molecular formula is C16H25NO3. The van der Waals surface area contributed by atoms with E-state index in [1.165, 1.54) is 0 Å². The fraction of sp³-hybridized carbons (Fsp3) is 0.438. The number of hydrogen-bond acceptors (Lipinski definition) is 3. The Balaban J connectivity index is 0. The number of amides is 1. The molecule has 4 nitrogen and oxygen atoms in total. The minimum absolute atomic E-state index is 0.121. The normalized spacial score (nSPS) is 8.90. The second-order valence-corrected chi connectivity index (χ2v) is 4.52. The van der Waals surface area contributed by atoms with Crippen LogP contribution in [0.1, 0.15) is 42.3 Å². The van der Waals surface area contributed by atoms with E-state index in [1.54, 1.807) is 4.90 Å². The van der Waals surface area contributed by atoms with Crippen molar-refractivity contribution in [1.29, 1.82) is 0 Å². The van der Waals surface area contributed by atoms with Crippen molar-refractivity contribution < 1.29 is 14.4 Å². The maximum Gasteiger partial charge on any atom is 0.254 e. The number of rotatable bonds is 3. The van der Waals surface area contributed by atoms with Crippen LogP contribution in [-0.2, 0) is 16.0 Å². The smallest absolute Gasteiger partial charge is 0.254 e. The molecule has 1 aromatic rings. The van der Waals surface area contributed by atoms with Gasteiger partial charge in [0.15, 0.2) is 0 Å². The lowest BCUT2D eigenvalue weighted by Crippen LogP contribution is -2.33. The number of hydrogen-bond donors (Lipinski definition) is 0. The number of carbonyl (C=O) groups excluding carboxylic acids is 3. The van der Waals surface area contributed by atoms with Gasteiger partial charge in [-0.2, -0.15) is 0 Å². The molecule has 0 heterocycles. The van der Waals surface area contributed by atoms with Crippen LogP contribution in [0.15, 0.2) is 18.2 Å². The van der Waals surface area contributed by atoms with Crippen LogP contribution in [-0.4, -0.2) is 37.5 Å². The number of carbonyl (C=O) groups is 3. The molecule has 0 fully saturated rings. The van der Waals surface area contributed by atoms with E-state index in [9.17, 15) is 4.79 Å². The lowest BCUT2D eigenvalue weighted by molar-refractivity contribution is -0.0987. The molecule has 1 amide bonds. The van der Waals surface area contributed by atoms with Gasteiger partial charge in [-0.1, -0.05) is 24.6 Å². The average Bonchev–Trinajstić information content (AvgIpc) is 2.49. The van der Waals surface area contributed by atoms with Crippen molar-refractivity contribution in [2.45, 2.75) is 40.2 Å². The highest BCUT2D eigenvalue weighted by atomic mass is 16.2. The minimum Gasteiger partial charge on any atom is -0.339 e. The van der Waals surface area contributed by atoms with Gasteiger partial charge in [0.25, 0.3) is 5.91 Å². The number of aryl methyl sites for hydroxylation is 2. The molecule has 0 aliphatic carbocycles. The Labute approximate surface area is 121 Å². The molecule has 0 radical (unpaired) electrons. The molecule has 1 aromatic carbocycles. The Hall–Kier alpha value is -1.97. The largest absolute Gasteiger partial charge is 0.339 e. The molecule has 0 unspecified atom stereocenters. The zero-order valence-corrected chi connectivity index (χ0v) is 13.1. The van der Waals surface area contributed by atoms with Gasteiger partial charge in [-0.15, -0.1) is 0 Å². The van der Waals surface area contributed by atoms with E-state index in [0.717, 1.165) is 23.1 Å². The Morgan fingerprint density at radius 3 is 2.10 bits per heavy atom. The van der Waals surface area contributed by atoms with E-state index < -0.39 is 0 Å². The van der Waals surface area contributed by atoms with Crippen molar-refractivity contribution in [3.05, 3.63) is 34.9 Å². The summed E-state index contributed by atoms with van der Waals surface area (Å²) in [6.45, 7) is 12.2. The zero-order chi connectivity index (χ0) is 16.3. The average molecular weight is 279 g/mol. The van der Waals surface area contributed by atoms with Crippen LogP contribution < -0.4 is 0 Å². The lowest BCUT2D eigenvalue weighted by Gasteiger charge is -2.23.